The van der Waals surface area contributed by atoms with Crippen LogP contribution in [-0.2, 0) is 6.42 Å². The first-order chi connectivity index (χ1) is 5.09. The predicted molar refractivity (Wildman–Crippen MR) is 54.1 cm³/mol. The summed E-state index contributed by atoms with van der Waals surface area (Å²) in [4.78, 5) is 2.70. The van der Waals surface area contributed by atoms with Crippen LogP contribution in [-0.4, -0.2) is 6.04 Å². The Balaban J connectivity index is 2.77. The van der Waals surface area contributed by atoms with Gasteiger partial charge >= 0.3 is 0 Å². The largest absolute Gasteiger partial charge is 0.328 e. The first-order valence-corrected chi connectivity index (χ1v) is 5.21. The zero-order valence-corrected chi connectivity index (χ0v) is 9.13. The number of hydrogen-bond acceptors (Lipinski definition) is 2. The summed E-state index contributed by atoms with van der Waals surface area (Å²) in [5.74, 6) is 0. The number of halogens is 1. The maximum absolute atomic E-state index is 5.69. The molecule has 0 saturated carbocycles. The molecule has 0 spiro atoms. The molecule has 11 heavy (non-hydrogen) atoms. The van der Waals surface area contributed by atoms with E-state index in [4.69, 9.17) is 5.73 Å². The van der Waals surface area contributed by atoms with E-state index in [0.29, 0.717) is 0 Å². The third-order valence-electron chi connectivity index (χ3n) is 1.39. The Morgan fingerprint density at radius 2 is 2.36 bits per heavy atom. The molecule has 2 N–H and O–H groups in total. The molecule has 0 aliphatic carbocycles. The summed E-state index contributed by atoms with van der Waals surface area (Å²) >= 11 is 5.32. The van der Waals surface area contributed by atoms with Crippen LogP contribution in [0.25, 0.3) is 0 Å². The van der Waals surface area contributed by atoms with Crippen LogP contribution in [0.4, 0.5) is 0 Å². The van der Waals surface area contributed by atoms with Crippen LogP contribution in [0.15, 0.2) is 10.5 Å². The molecule has 1 aromatic heterocycles. The lowest BCUT2D eigenvalue weighted by Gasteiger charge is -2.01. The molecule has 0 radical (unpaired) electrons. The summed E-state index contributed by atoms with van der Waals surface area (Å²) < 4.78 is 1.21. The van der Waals surface area contributed by atoms with Crippen LogP contribution < -0.4 is 5.73 Å². The molecular weight excluding hydrogens is 222 g/mol. The molecule has 1 heterocycles. The van der Waals surface area contributed by atoms with Gasteiger partial charge < -0.3 is 5.73 Å². The van der Waals surface area contributed by atoms with E-state index in [1.807, 2.05) is 18.3 Å². The maximum atomic E-state index is 5.69. The zero-order valence-electron chi connectivity index (χ0n) is 6.73. The Hall–Kier alpha value is 0.140. The molecular formula is C8H12BrNS. The highest BCUT2D eigenvalue weighted by Gasteiger charge is 2.05. The van der Waals surface area contributed by atoms with Gasteiger partial charge in [-0.3, -0.25) is 0 Å². The van der Waals surface area contributed by atoms with Crippen molar-refractivity contribution in [3.63, 3.8) is 0 Å². The lowest BCUT2D eigenvalue weighted by molar-refractivity contribution is 0.745. The molecule has 0 bridgehead atoms. The van der Waals surface area contributed by atoms with Gasteiger partial charge in [0, 0.05) is 20.3 Å². The summed E-state index contributed by atoms with van der Waals surface area (Å²) in [5, 5.41) is 0. The highest BCUT2D eigenvalue weighted by atomic mass is 79.9. The van der Waals surface area contributed by atoms with Crippen LogP contribution in [0.3, 0.4) is 0 Å². The van der Waals surface area contributed by atoms with E-state index in [2.05, 4.69) is 28.9 Å². The van der Waals surface area contributed by atoms with Crippen molar-refractivity contribution in [1.29, 1.82) is 0 Å². The van der Waals surface area contributed by atoms with E-state index in [9.17, 15) is 0 Å². The fourth-order valence-corrected chi connectivity index (χ4v) is 2.93. The molecule has 1 rings (SSSR count). The molecule has 0 saturated heterocycles. The normalized spacial score (nSPS) is 13.5. The second kappa shape index (κ2) is 3.70. The highest BCUT2D eigenvalue weighted by Crippen LogP contribution is 2.27. The van der Waals surface area contributed by atoms with Gasteiger partial charge in [-0.25, -0.2) is 0 Å². The van der Waals surface area contributed by atoms with Crippen molar-refractivity contribution in [2.45, 2.75) is 26.3 Å². The van der Waals surface area contributed by atoms with Gasteiger partial charge in [0.1, 0.15) is 0 Å². The Morgan fingerprint density at radius 1 is 1.73 bits per heavy atom. The number of aryl methyl sites for hydroxylation is 1. The number of hydrogen-bond donors (Lipinski definition) is 1. The van der Waals surface area contributed by atoms with Crippen molar-refractivity contribution in [3.8, 4) is 0 Å². The summed E-state index contributed by atoms with van der Waals surface area (Å²) in [5.41, 5.74) is 5.69. The second-order valence-corrected chi connectivity index (χ2v) is 5.00. The van der Waals surface area contributed by atoms with E-state index in [1.54, 1.807) is 0 Å². The standard InChI is InChI=1S/C8H12BrNS/c1-5(10)3-8-7(9)4-6(2)11-8/h4-5H,3,10H2,1-2H3/t5-/m0/s1. The van der Waals surface area contributed by atoms with Crippen LogP contribution in [0.2, 0.25) is 0 Å². The van der Waals surface area contributed by atoms with Crippen LogP contribution in [0, 0.1) is 6.92 Å². The van der Waals surface area contributed by atoms with Crippen molar-refractivity contribution < 1.29 is 0 Å². The minimum atomic E-state index is 0.254. The van der Waals surface area contributed by atoms with Crippen molar-refractivity contribution >= 4 is 27.3 Å². The van der Waals surface area contributed by atoms with Crippen molar-refractivity contribution in [3.05, 3.63) is 20.3 Å². The Bertz CT molecular complexity index is 242. The minimum Gasteiger partial charge on any atom is -0.328 e. The maximum Gasteiger partial charge on any atom is 0.0317 e. The molecule has 0 fully saturated rings. The third-order valence-corrected chi connectivity index (χ3v) is 3.43. The van der Waals surface area contributed by atoms with Gasteiger partial charge in [0.05, 0.1) is 0 Å². The van der Waals surface area contributed by atoms with Crippen LogP contribution in [0.5, 0.6) is 0 Å². The van der Waals surface area contributed by atoms with Gasteiger partial charge in [-0.15, -0.1) is 11.3 Å². The van der Waals surface area contributed by atoms with Gasteiger partial charge in [-0.2, -0.15) is 0 Å². The van der Waals surface area contributed by atoms with Gasteiger partial charge in [0.2, 0.25) is 0 Å². The lowest BCUT2D eigenvalue weighted by atomic mass is 10.2. The number of rotatable bonds is 2. The van der Waals surface area contributed by atoms with Crippen LogP contribution in [0.1, 0.15) is 16.7 Å². The predicted octanol–water partition coefficient (Wildman–Crippen LogP) is 2.71. The fraction of sp³-hybridized carbons (Fsp3) is 0.500. The molecule has 0 aromatic carbocycles. The molecule has 0 aliphatic rings. The van der Waals surface area contributed by atoms with E-state index in [-0.39, 0.29) is 6.04 Å². The SMILES string of the molecule is Cc1cc(Br)c(C[C@H](C)N)s1. The Kier molecular flexibility index (Phi) is 3.10. The van der Waals surface area contributed by atoms with E-state index in [1.165, 1.54) is 14.2 Å². The summed E-state index contributed by atoms with van der Waals surface area (Å²) in [7, 11) is 0. The average Bonchev–Trinajstić information content (AvgIpc) is 2.09. The summed E-state index contributed by atoms with van der Waals surface area (Å²) in [6.07, 6.45) is 0.971. The molecule has 1 aromatic rings. The van der Waals surface area contributed by atoms with E-state index >= 15 is 0 Å². The molecule has 3 heteroatoms. The molecule has 1 atom stereocenters. The second-order valence-electron chi connectivity index (χ2n) is 2.81. The minimum absolute atomic E-state index is 0.254. The van der Waals surface area contributed by atoms with Gasteiger partial charge in [-0.05, 0) is 42.3 Å². The first kappa shape index (κ1) is 9.23. The highest BCUT2D eigenvalue weighted by molar-refractivity contribution is 9.10. The smallest absolute Gasteiger partial charge is 0.0317 e. The topological polar surface area (TPSA) is 26.0 Å². The Labute approximate surface area is 79.7 Å². The van der Waals surface area contributed by atoms with Crippen molar-refractivity contribution in [2.24, 2.45) is 5.73 Å². The first-order valence-electron chi connectivity index (χ1n) is 3.60. The Morgan fingerprint density at radius 3 is 2.73 bits per heavy atom. The van der Waals surface area contributed by atoms with Crippen molar-refractivity contribution in [1.82, 2.24) is 0 Å². The fourth-order valence-electron chi connectivity index (χ4n) is 0.963. The van der Waals surface area contributed by atoms with E-state index < -0.39 is 0 Å². The molecule has 1 nitrogen and oxygen atoms in total. The molecule has 0 unspecified atom stereocenters. The number of thiophene rings is 1. The van der Waals surface area contributed by atoms with Crippen molar-refractivity contribution in [2.75, 3.05) is 0 Å². The molecule has 0 aliphatic heterocycles. The van der Waals surface area contributed by atoms with Gasteiger partial charge in [0.25, 0.3) is 0 Å². The quantitative estimate of drug-likeness (QED) is 0.836. The van der Waals surface area contributed by atoms with Gasteiger partial charge in [0.15, 0.2) is 0 Å². The van der Waals surface area contributed by atoms with Crippen LogP contribution >= 0.6 is 27.3 Å². The molecule has 62 valence electrons. The molecule has 0 amide bonds. The number of nitrogens with two attached hydrogens (primary N) is 1. The third kappa shape index (κ3) is 2.58. The average molecular weight is 234 g/mol. The lowest BCUT2D eigenvalue weighted by Crippen LogP contribution is -2.17. The monoisotopic (exact) mass is 233 g/mol. The van der Waals surface area contributed by atoms with E-state index in [0.717, 1.165) is 6.42 Å². The summed E-state index contributed by atoms with van der Waals surface area (Å²) in [6, 6.07) is 2.40. The zero-order chi connectivity index (χ0) is 8.43. The summed E-state index contributed by atoms with van der Waals surface area (Å²) in [6.45, 7) is 4.14. The van der Waals surface area contributed by atoms with Gasteiger partial charge in [-0.1, -0.05) is 0 Å².